The van der Waals surface area contributed by atoms with Gasteiger partial charge < -0.3 is 15.8 Å². The van der Waals surface area contributed by atoms with E-state index < -0.39 is 6.04 Å². The topological polar surface area (TPSA) is 64.4 Å². The highest BCUT2D eigenvalue weighted by Gasteiger charge is 2.23. The fourth-order valence-corrected chi connectivity index (χ4v) is 2.03. The van der Waals surface area contributed by atoms with Crippen molar-refractivity contribution >= 4 is 5.91 Å². The van der Waals surface area contributed by atoms with Crippen LogP contribution in [0.25, 0.3) is 0 Å². The fraction of sp³-hybridized carbons (Fsp3) is 0.562. The van der Waals surface area contributed by atoms with Crippen molar-refractivity contribution in [3.05, 3.63) is 29.8 Å². The highest BCUT2D eigenvalue weighted by molar-refractivity contribution is 5.81. The molecule has 1 rings (SSSR count). The van der Waals surface area contributed by atoms with Gasteiger partial charge in [-0.25, -0.2) is 0 Å². The minimum atomic E-state index is -0.416. The van der Waals surface area contributed by atoms with E-state index in [0.29, 0.717) is 13.0 Å². The largest absolute Gasteiger partial charge is 0.497 e. The van der Waals surface area contributed by atoms with Gasteiger partial charge >= 0.3 is 0 Å². The predicted octanol–water partition coefficient (Wildman–Crippen LogP) is 2.22. The minimum absolute atomic E-state index is 0.0807. The Morgan fingerprint density at radius 2 is 2.15 bits per heavy atom. The van der Waals surface area contributed by atoms with Gasteiger partial charge in [0.1, 0.15) is 5.75 Å². The summed E-state index contributed by atoms with van der Waals surface area (Å²) in [4.78, 5) is 11.9. The smallest absolute Gasteiger partial charge is 0.236 e. The number of methoxy groups -OCH3 is 1. The third kappa shape index (κ3) is 4.53. The SMILES string of the molecule is CCCC(N)C(=O)NCC(C)(C)c1cccc(OC)c1. The second-order valence-corrected chi connectivity index (χ2v) is 5.73. The second kappa shape index (κ2) is 7.29. The van der Waals surface area contributed by atoms with Crippen LogP contribution in [0.2, 0.25) is 0 Å². The maximum atomic E-state index is 11.9. The monoisotopic (exact) mass is 278 g/mol. The van der Waals surface area contributed by atoms with Crippen LogP contribution in [-0.4, -0.2) is 25.6 Å². The van der Waals surface area contributed by atoms with Crippen LogP contribution in [-0.2, 0) is 10.2 Å². The van der Waals surface area contributed by atoms with Gasteiger partial charge in [-0.2, -0.15) is 0 Å². The zero-order valence-electron chi connectivity index (χ0n) is 12.9. The Bertz CT molecular complexity index is 444. The van der Waals surface area contributed by atoms with Gasteiger partial charge in [-0.3, -0.25) is 4.79 Å². The summed E-state index contributed by atoms with van der Waals surface area (Å²) in [5.74, 6) is 0.743. The number of nitrogens with two attached hydrogens (primary N) is 1. The molecular weight excluding hydrogens is 252 g/mol. The molecule has 0 spiro atoms. The van der Waals surface area contributed by atoms with Gasteiger partial charge in [-0.1, -0.05) is 39.3 Å². The van der Waals surface area contributed by atoms with Crippen molar-refractivity contribution in [2.45, 2.75) is 45.1 Å². The van der Waals surface area contributed by atoms with Gasteiger partial charge in [0.25, 0.3) is 0 Å². The van der Waals surface area contributed by atoms with Gasteiger partial charge in [-0.15, -0.1) is 0 Å². The summed E-state index contributed by atoms with van der Waals surface area (Å²) in [5, 5.41) is 2.94. The molecule has 0 aliphatic rings. The van der Waals surface area contributed by atoms with E-state index in [4.69, 9.17) is 10.5 Å². The molecule has 0 saturated heterocycles. The van der Waals surface area contributed by atoms with E-state index in [1.54, 1.807) is 7.11 Å². The number of hydrogen-bond acceptors (Lipinski definition) is 3. The molecule has 1 unspecified atom stereocenters. The normalized spacial score (nSPS) is 12.8. The highest BCUT2D eigenvalue weighted by atomic mass is 16.5. The molecule has 20 heavy (non-hydrogen) atoms. The molecule has 0 aromatic heterocycles. The van der Waals surface area contributed by atoms with E-state index in [0.717, 1.165) is 17.7 Å². The fourth-order valence-electron chi connectivity index (χ4n) is 2.03. The van der Waals surface area contributed by atoms with E-state index in [9.17, 15) is 4.79 Å². The van der Waals surface area contributed by atoms with Crippen molar-refractivity contribution < 1.29 is 9.53 Å². The molecule has 1 atom stereocenters. The lowest BCUT2D eigenvalue weighted by atomic mass is 9.84. The van der Waals surface area contributed by atoms with E-state index in [1.807, 2.05) is 31.2 Å². The van der Waals surface area contributed by atoms with Crippen molar-refractivity contribution in [2.75, 3.05) is 13.7 Å². The number of hydrogen-bond donors (Lipinski definition) is 2. The molecule has 0 fully saturated rings. The van der Waals surface area contributed by atoms with Crippen LogP contribution in [0.3, 0.4) is 0 Å². The summed E-state index contributed by atoms with van der Waals surface area (Å²) >= 11 is 0. The Hall–Kier alpha value is -1.55. The molecule has 0 heterocycles. The molecule has 4 heteroatoms. The highest BCUT2D eigenvalue weighted by Crippen LogP contribution is 2.25. The Labute approximate surface area is 121 Å². The molecule has 0 radical (unpaired) electrons. The molecule has 0 aliphatic carbocycles. The molecule has 1 amide bonds. The second-order valence-electron chi connectivity index (χ2n) is 5.73. The Kier molecular flexibility index (Phi) is 6.02. The maximum Gasteiger partial charge on any atom is 0.236 e. The van der Waals surface area contributed by atoms with Crippen molar-refractivity contribution in [2.24, 2.45) is 5.73 Å². The van der Waals surface area contributed by atoms with Crippen LogP contribution in [0.4, 0.5) is 0 Å². The lowest BCUT2D eigenvalue weighted by Crippen LogP contribution is -2.45. The Morgan fingerprint density at radius 1 is 1.45 bits per heavy atom. The zero-order valence-corrected chi connectivity index (χ0v) is 12.9. The Balaban J connectivity index is 2.67. The minimum Gasteiger partial charge on any atom is -0.497 e. The summed E-state index contributed by atoms with van der Waals surface area (Å²) < 4.78 is 5.24. The summed E-state index contributed by atoms with van der Waals surface area (Å²) in [6, 6.07) is 7.50. The predicted molar refractivity (Wildman–Crippen MR) is 81.9 cm³/mol. The van der Waals surface area contributed by atoms with Crippen molar-refractivity contribution in [3.8, 4) is 5.75 Å². The van der Waals surface area contributed by atoms with Gasteiger partial charge in [-0.05, 0) is 24.1 Å². The molecule has 3 N–H and O–H groups in total. The molecule has 112 valence electrons. The molecule has 0 saturated carbocycles. The third-order valence-corrected chi connectivity index (χ3v) is 3.49. The van der Waals surface area contributed by atoms with Crippen LogP contribution in [0.5, 0.6) is 5.75 Å². The zero-order chi connectivity index (χ0) is 15.2. The number of nitrogens with one attached hydrogen (secondary N) is 1. The standard InChI is InChI=1S/C16H26N2O2/c1-5-7-14(17)15(19)18-11-16(2,3)12-8-6-9-13(10-12)20-4/h6,8-10,14H,5,7,11,17H2,1-4H3,(H,18,19). The average molecular weight is 278 g/mol. The first-order valence-corrected chi connectivity index (χ1v) is 7.08. The van der Waals surface area contributed by atoms with Crippen molar-refractivity contribution in [1.29, 1.82) is 0 Å². The van der Waals surface area contributed by atoms with Crippen LogP contribution in [0, 0.1) is 0 Å². The number of benzene rings is 1. The van der Waals surface area contributed by atoms with Crippen LogP contribution in [0.15, 0.2) is 24.3 Å². The number of carbonyl (C=O) groups is 1. The van der Waals surface area contributed by atoms with E-state index >= 15 is 0 Å². The van der Waals surface area contributed by atoms with Crippen LogP contribution >= 0.6 is 0 Å². The van der Waals surface area contributed by atoms with Gasteiger partial charge in [0.05, 0.1) is 13.2 Å². The maximum absolute atomic E-state index is 11.9. The van der Waals surface area contributed by atoms with Gasteiger partial charge in [0.15, 0.2) is 0 Å². The van der Waals surface area contributed by atoms with E-state index in [1.165, 1.54) is 0 Å². The molecule has 1 aromatic rings. The molecule has 0 bridgehead atoms. The third-order valence-electron chi connectivity index (χ3n) is 3.49. The first-order valence-electron chi connectivity index (χ1n) is 7.08. The van der Waals surface area contributed by atoms with Gasteiger partial charge in [0, 0.05) is 12.0 Å². The van der Waals surface area contributed by atoms with Crippen molar-refractivity contribution in [3.63, 3.8) is 0 Å². The number of carbonyl (C=O) groups excluding carboxylic acids is 1. The van der Waals surface area contributed by atoms with Crippen LogP contribution < -0.4 is 15.8 Å². The quantitative estimate of drug-likeness (QED) is 0.804. The average Bonchev–Trinajstić information content (AvgIpc) is 2.45. The number of ether oxygens (including phenoxy) is 1. The molecule has 1 aromatic carbocycles. The lowest BCUT2D eigenvalue weighted by molar-refractivity contribution is -0.122. The molecular formula is C16H26N2O2. The molecule has 0 aliphatic heterocycles. The lowest BCUT2D eigenvalue weighted by Gasteiger charge is -2.26. The Morgan fingerprint density at radius 3 is 2.75 bits per heavy atom. The van der Waals surface area contributed by atoms with Crippen LogP contribution in [0.1, 0.15) is 39.2 Å². The van der Waals surface area contributed by atoms with Gasteiger partial charge in [0.2, 0.25) is 5.91 Å². The van der Waals surface area contributed by atoms with E-state index in [-0.39, 0.29) is 11.3 Å². The number of amides is 1. The first-order chi connectivity index (χ1) is 9.40. The van der Waals surface area contributed by atoms with Crippen molar-refractivity contribution in [1.82, 2.24) is 5.32 Å². The number of rotatable bonds is 7. The molecule has 4 nitrogen and oxygen atoms in total. The van der Waals surface area contributed by atoms with E-state index in [2.05, 4.69) is 19.2 Å². The summed E-state index contributed by atoms with van der Waals surface area (Å²) in [6.45, 7) is 6.75. The summed E-state index contributed by atoms with van der Waals surface area (Å²) in [7, 11) is 1.65. The summed E-state index contributed by atoms with van der Waals surface area (Å²) in [5.41, 5.74) is 6.76. The summed E-state index contributed by atoms with van der Waals surface area (Å²) in [6.07, 6.45) is 1.62. The first kappa shape index (κ1) is 16.5.